The molecule has 0 unspecified atom stereocenters. The van der Waals surface area contributed by atoms with Crippen molar-refractivity contribution in [3.8, 4) is 11.4 Å². The molecule has 1 aromatic heterocycles. The highest BCUT2D eigenvalue weighted by molar-refractivity contribution is 6.43. The largest absolute Gasteiger partial charge is 0.397 e. The molecule has 1 heterocycles. The van der Waals surface area contributed by atoms with Crippen molar-refractivity contribution >= 4 is 28.9 Å². The van der Waals surface area contributed by atoms with Gasteiger partial charge < -0.3 is 5.73 Å². The molecule has 5 nitrogen and oxygen atoms in total. The topological polar surface area (TPSA) is 69.6 Å². The minimum absolute atomic E-state index is 0.284. The molecule has 0 spiro atoms. The summed E-state index contributed by atoms with van der Waals surface area (Å²) in [4.78, 5) is 0. The van der Waals surface area contributed by atoms with Crippen molar-refractivity contribution in [1.29, 1.82) is 0 Å². The second-order valence-electron chi connectivity index (χ2n) is 5.69. The normalized spacial score (nSPS) is 16.9. The Bertz CT molecular complexity index is 625. The molecule has 2 aromatic rings. The molecule has 2 N–H and O–H groups in total. The Balaban J connectivity index is 1.97. The maximum atomic E-state index is 6.07. The predicted molar refractivity (Wildman–Crippen MR) is 79.6 cm³/mol. The van der Waals surface area contributed by atoms with Crippen LogP contribution in [0.25, 0.3) is 11.4 Å². The van der Waals surface area contributed by atoms with Crippen LogP contribution >= 0.6 is 23.2 Å². The summed E-state index contributed by atoms with van der Waals surface area (Å²) in [5, 5.41) is 12.7. The standard InChI is InChI=1S/C13H15Cl2N5/c1-13(3-2-4-13)7-20-12(17-18-19-20)8-5-9(14)11(15)10(16)6-8/h5-6H,2-4,7,16H2,1H3. The first-order chi connectivity index (χ1) is 9.48. The summed E-state index contributed by atoms with van der Waals surface area (Å²) in [6, 6.07) is 3.49. The number of nitrogens with two attached hydrogens (primary N) is 1. The number of nitrogens with zero attached hydrogens (tertiary/aromatic N) is 4. The number of benzene rings is 1. The molecule has 0 saturated heterocycles. The maximum Gasteiger partial charge on any atom is 0.182 e. The first kappa shape index (κ1) is 13.6. The van der Waals surface area contributed by atoms with Gasteiger partial charge in [0.1, 0.15) is 0 Å². The lowest BCUT2D eigenvalue weighted by molar-refractivity contribution is 0.126. The van der Waals surface area contributed by atoms with Gasteiger partial charge in [0.05, 0.1) is 22.3 Å². The lowest BCUT2D eigenvalue weighted by Crippen LogP contribution is -2.31. The molecule has 1 fully saturated rings. The Morgan fingerprint density at radius 3 is 2.70 bits per heavy atom. The minimum atomic E-state index is 0.284. The van der Waals surface area contributed by atoms with Crippen molar-refractivity contribution in [3.63, 3.8) is 0 Å². The summed E-state index contributed by atoms with van der Waals surface area (Å²) in [6.07, 6.45) is 3.68. The van der Waals surface area contributed by atoms with Gasteiger partial charge in [-0.3, -0.25) is 0 Å². The first-order valence-corrected chi connectivity index (χ1v) is 7.25. The van der Waals surface area contributed by atoms with Crippen LogP contribution in [-0.2, 0) is 6.54 Å². The van der Waals surface area contributed by atoms with E-state index in [0.717, 1.165) is 12.1 Å². The van der Waals surface area contributed by atoms with Gasteiger partial charge in [0.25, 0.3) is 0 Å². The highest BCUT2D eigenvalue weighted by Gasteiger charge is 2.33. The third-order valence-electron chi connectivity index (χ3n) is 3.94. The molecule has 20 heavy (non-hydrogen) atoms. The van der Waals surface area contributed by atoms with Gasteiger partial charge in [0.15, 0.2) is 5.82 Å². The molecule has 7 heteroatoms. The zero-order chi connectivity index (χ0) is 14.3. The van der Waals surface area contributed by atoms with Crippen molar-refractivity contribution in [2.45, 2.75) is 32.7 Å². The highest BCUT2D eigenvalue weighted by Crippen LogP contribution is 2.42. The smallest absolute Gasteiger partial charge is 0.182 e. The van der Waals surface area contributed by atoms with E-state index in [1.807, 2.05) is 4.68 Å². The summed E-state index contributed by atoms with van der Waals surface area (Å²) in [5.41, 5.74) is 7.34. The summed E-state index contributed by atoms with van der Waals surface area (Å²) in [7, 11) is 0. The van der Waals surface area contributed by atoms with Crippen LogP contribution in [0.1, 0.15) is 26.2 Å². The molecule has 0 bridgehead atoms. The molecule has 1 aromatic carbocycles. The van der Waals surface area contributed by atoms with Crippen LogP contribution in [0, 0.1) is 5.41 Å². The van der Waals surface area contributed by atoms with Gasteiger partial charge in [-0.15, -0.1) is 5.10 Å². The molecule has 0 atom stereocenters. The van der Waals surface area contributed by atoms with E-state index in [4.69, 9.17) is 28.9 Å². The molecule has 0 amide bonds. The van der Waals surface area contributed by atoms with Crippen LogP contribution in [0.15, 0.2) is 12.1 Å². The van der Waals surface area contributed by atoms with E-state index in [2.05, 4.69) is 22.4 Å². The lowest BCUT2D eigenvalue weighted by Gasteiger charge is -2.38. The fourth-order valence-corrected chi connectivity index (χ4v) is 2.89. The van der Waals surface area contributed by atoms with Crippen molar-refractivity contribution in [3.05, 3.63) is 22.2 Å². The number of rotatable bonds is 3. The number of aromatic nitrogens is 4. The van der Waals surface area contributed by atoms with Crippen LogP contribution in [0.5, 0.6) is 0 Å². The SMILES string of the molecule is CC1(Cn2nnnc2-c2cc(N)c(Cl)c(Cl)c2)CCC1. The summed E-state index contributed by atoms with van der Waals surface area (Å²) >= 11 is 12.0. The van der Waals surface area contributed by atoms with E-state index in [0.29, 0.717) is 21.6 Å². The number of nitrogen functional groups attached to an aromatic ring is 1. The molecule has 1 saturated carbocycles. The van der Waals surface area contributed by atoms with E-state index >= 15 is 0 Å². The van der Waals surface area contributed by atoms with Gasteiger partial charge in [-0.1, -0.05) is 36.5 Å². The van der Waals surface area contributed by atoms with Gasteiger partial charge in [0.2, 0.25) is 0 Å². The minimum Gasteiger partial charge on any atom is -0.397 e. The Morgan fingerprint density at radius 1 is 1.35 bits per heavy atom. The number of tetrazole rings is 1. The fraction of sp³-hybridized carbons (Fsp3) is 0.462. The maximum absolute atomic E-state index is 6.07. The van der Waals surface area contributed by atoms with Crippen LogP contribution in [0.4, 0.5) is 5.69 Å². The Hall–Kier alpha value is -1.33. The molecule has 1 aliphatic carbocycles. The van der Waals surface area contributed by atoms with Crippen LogP contribution in [0.2, 0.25) is 10.0 Å². The summed E-state index contributed by atoms with van der Waals surface area (Å²) in [6.45, 7) is 3.06. The van der Waals surface area contributed by atoms with Gasteiger partial charge >= 0.3 is 0 Å². The number of hydrogen-bond donors (Lipinski definition) is 1. The first-order valence-electron chi connectivity index (χ1n) is 6.50. The Labute approximate surface area is 127 Å². The molecular weight excluding hydrogens is 297 g/mol. The van der Waals surface area contributed by atoms with Crippen LogP contribution in [0.3, 0.4) is 0 Å². The van der Waals surface area contributed by atoms with Crippen molar-refractivity contribution in [1.82, 2.24) is 20.2 Å². The third-order valence-corrected chi connectivity index (χ3v) is 4.76. The van der Waals surface area contributed by atoms with Crippen molar-refractivity contribution < 1.29 is 0 Å². The van der Waals surface area contributed by atoms with Crippen LogP contribution < -0.4 is 5.73 Å². The Morgan fingerprint density at radius 2 is 2.10 bits per heavy atom. The van der Waals surface area contributed by atoms with E-state index in [-0.39, 0.29) is 5.41 Å². The Kier molecular flexibility index (Phi) is 3.34. The predicted octanol–water partition coefficient (Wildman–Crippen LogP) is 3.42. The molecule has 1 aliphatic rings. The average Bonchev–Trinajstić information content (AvgIpc) is 2.81. The van der Waals surface area contributed by atoms with Crippen LogP contribution in [-0.4, -0.2) is 20.2 Å². The lowest BCUT2D eigenvalue weighted by atomic mass is 9.70. The molecule has 3 rings (SSSR count). The highest BCUT2D eigenvalue weighted by atomic mass is 35.5. The quantitative estimate of drug-likeness (QED) is 0.882. The summed E-state index contributed by atoms with van der Waals surface area (Å²) in [5.74, 6) is 0.670. The van der Waals surface area contributed by atoms with E-state index < -0.39 is 0 Å². The van der Waals surface area contributed by atoms with E-state index in [9.17, 15) is 0 Å². The summed E-state index contributed by atoms with van der Waals surface area (Å²) < 4.78 is 1.82. The number of halogens is 2. The van der Waals surface area contributed by atoms with Gasteiger partial charge in [-0.25, -0.2) is 4.68 Å². The second-order valence-corrected chi connectivity index (χ2v) is 6.47. The van der Waals surface area contributed by atoms with Crippen molar-refractivity contribution in [2.24, 2.45) is 5.41 Å². The zero-order valence-electron chi connectivity index (χ0n) is 11.1. The van der Waals surface area contributed by atoms with Gasteiger partial charge in [-0.2, -0.15) is 0 Å². The monoisotopic (exact) mass is 311 g/mol. The van der Waals surface area contributed by atoms with Crippen molar-refractivity contribution in [2.75, 3.05) is 5.73 Å². The van der Waals surface area contributed by atoms with E-state index in [1.165, 1.54) is 19.3 Å². The molecule has 106 valence electrons. The number of hydrogen-bond acceptors (Lipinski definition) is 4. The molecule has 0 aliphatic heterocycles. The average molecular weight is 312 g/mol. The fourth-order valence-electron chi connectivity index (χ4n) is 2.56. The third kappa shape index (κ3) is 2.36. The van der Waals surface area contributed by atoms with E-state index in [1.54, 1.807) is 12.1 Å². The molecule has 0 radical (unpaired) electrons. The van der Waals surface area contributed by atoms with Gasteiger partial charge in [-0.05, 0) is 40.8 Å². The van der Waals surface area contributed by atoms with Gasteiger partial charge in [0, 0.05) is 5.56 Å². The zero-order valence-corrected chi connectivity index (χ0v) is 12.6. The second kappa shape index (κ2) is 4.90. The number of anilines is 1. The molecular formula is C13H15Cl2N5.